The van der Waals surface area contributed by atoms with E-state index in [-0.39, 0.29) is 23.6 Å². The Labute approximate surface area is 177 Å². The van der Waals surface area contributed by atoms with Crippen molar-refractivity contribution in [3.05, 3.63) is 28.4 Å². The fourth-order valence-electron chi connectivity index (χ4n) is 6.63. The SMILES string of the molecule is O=C(c1c[nH]c(=O)cn1)N1C[C@H]2C[C@@H](C1)[C@H](CC1CCCCC1)N1C(=O)CCC[C@@H]21. The zero-order valence-corrected chi connectivity index (χ0v) is 17.6. The van der Waals surface area contributed by atoms with E-state index in [0.717, 1.165) is 25.7 Å². The van der Waals surface area contributed by atoms with E-state index in [0.29, 0.717) is 48.9 Å². The molecule has 1 saturated carbocycles. The monoisotopic (exact) mass is 412 g/mol. The van der Waals surface area contributed by atoms with Gasteiger partial charge in [0.05, 0.1) is 6.20 Å². The van der Waals surface area contributed by atoms with E-state index in [2.05, 4.69) is 14.9 Å². The lowest BCUT2D eigenvalue weighted by atomic mass is 9.69. The molecule has 162 valence electrons. The summed E-state index contributed by atoms with van der Waals surface area (Å²) < 4.78 is 0. The van der Waals surface area contributed by atoms with Crippen molar-refractivity contribution in [2.75, 3.05) is 13.1 Å². The van der Waals surface area contributed by atoms with Gasteiger partial charge in [0.2, 0.25) is 5.91 Å². The van der Waals surface area contributed by atoms with E-state index in [9.17, 15) is 14.4 Å². The third-order valence-electron chi connectivity index (χ3n) is 7.97. The number of piperidine rings is 3. The van der Waals surface area contributed by atoms with Gasteiger partial charge in [-0.1, -0.05) is 32.1 Å². The van der Waals surface area contributed by atoms with Crippen molar-refractivity contribution in [2.24, 2.45) is 17.8 Å². The Morgan fingerprint density at radius 3 is 2.63 bits per heavy atom. The summed E-state index contributed by atoms with van der Waals surface area (Å²) in [6.07, 6.45) is 14.0. The number of nitrogens with zero attached hydrogens (tertiary/aromatic N) is 3. The van der Waals surface area contributed by atoms with Crippen molar-refractivity contribution in [1.29, 1.82) is 0 Å². The van der Waals surface area contributed by atoms with E-state index >= 15 is 0 Å². The Kier molecular flexibility index (Phi) is 5.37. The predicted molar refractivity (Wildman–Crippen MR) is 112 cm³/mol. The molecule has 1 aromatic rings. The number of aromatic amines is 1. The van der Waals surface area contributed by atoms with Gasteiger partial charge in [0.15, 0.2) is 0 Å². The average molecular weight is 413 g/mol. The number of hydrogen-bond donors (Lipinski definition) is 1. The normalized spacial score (nSPS) is 32.1. The van der Waals surface area contributed by atoms with Gasteiger partial charge < -0.3 is 14.8 Å². The van der Waals surface area contributed by atoms with Crippen LogP contribution in [-0.2, 0) is 4.79 Å². The lowest BCUT2D eigenvalue weighted by molar-refractivity contribution is -0.153. The van der Waals surface area contributed by atoms with Crippen LogP contribution in [-0.4, -0.2) is 56.8 Å². The van der Waals surface area contributed by atoms with Crippen LogP contribution in [0.25, 0.3) is 0 Å². The molecule has 7 heteroatoms. The summed E-state index contributed by atoms with van der Waals surface area (Å²) in [4.78, 5) is 48.3. The summed E-state index contributed by atoms with van der Waals surface area (Å²) in [7, 11) is 0. The summed E-state index contributed by atoms with van der Waals surface area (Å²) in [5.41, 5.74) is 0.000880. The first-order valence-corrected chi connectivity index (χ1v) is 11.8. The highest BCUT2D eigenvalue weighted by molar-refractivity contribution is 5.92. The number of fused-ring (bicyclic) bond motifs is 4. The molecule has 3 aliphatic heterocycles. The van der Waals surface area contributed by atoms with Crippen molar-refractivity contribution in [3.63, 3.8) is 0 Å². The Hall–Kier alpha value is -2.18. The molecule has 2 amide bonds. The summed E-state index contributed by atoms with van der Waals surface area (Å²) >= 11 is 0. The van der Waals surface area contributed by atoms with Gasteiger partial charge in [-0.3, -0.25) is 14.4 Å². The number of rotatable bonds is 3. The third-order valence-corrected chi connectivity index (χ3v) is 7.97. The van der Waals surface area contributed by atoms with Crippen LogP contribution in [0.5, 0.6) is 0 Å². The van der Waals surface area contributed by atoms with Gasteiger partial charge in [-0.15, -0.1) is 0 Å². The molecule has 3 saturated heterocycles. The average Bonchev–Trinajstić information content (AvgIpc) is 2.77. The van der Waals surface area contributed by atoms with Gasteiger partial charge in [0, 0.05) is 37.8 Å². The van der Waals surface area contributed by atoms with Gasteiger partial charge in [-0.25, -0.2) is 4.98 Å². The second kappa shape index (κ2) is 8.16. The highest BCUT2D eigenvalue weighted by Crippen LogP contribution is 2.44. The van der Waals surface area contributed by atoms with Crippen molar-refractivity contribution >= 4 is 11.8 Å². The van der Waals surface area contributed by atoms with Crippen molar-refractivity contribution in [2.45, 2.75) is 76.3 Å². The number of aromatic nitrogens is 2. The van der Waals surface area contributed by atoms with Crippen LogP contribution in [0.4, 0.5) is 0 Å². The summed E-state index contributed by atoms with van der Waals surface area (Å²) in [5.74, 6) is 1.64. The Balaban J connectivity index is 1.39. The second-order valence-electron chi connectivity index (χ2n) is 9.83. The molecule has 4 fully saturated rings. The first-order chi connectivity index (χ1) is 14.6. The second-order valence-corrected chi connectivity index (χ2v) is 9.83. The molecule has 2 bridgehead atoms. The maximum Gasteiger partial charge on any atom is 0.273 e. The minimum Gasteiger partial charge on any atom is -0.337 e. The Morgan fingerprint density at radius 1 is 1.07 bits per heavy atom. The van der Waals surface area contributed by atoms with Crippen molar-refractivity contribution < 1.29 is 9.59 Å². The fourth-order valence-corrected chi connectivity index (χ4v) is 6.63. The first kappa shape index (κ1) is 19.8. The highest BCUT2D eigenvalue weighted by Gasteiger charge is 2.50. The number of carbonyl (C=O) groups excluding carboxylic acids is 2. The molecule has 1 aliphatic carbocycles. The van der Waals surface area contributed by atoms with E-state index < -0.39 is 0 Å². The molecular weight excluding hydrogens is 380 g/mol. The van der Waals surface area contributed by atoms with Gasteiger partial charge in [0.1, 0.15) is 5.69 Å². The van der Waals surface area contributed by atoms with Crippen LogP contribution in [0.2, 0.25) is 0 Å². The lowest BCUT2D eigenvalue weighted by Gasteiger charge is -2.57. The zero-order chi connectivity index (χ0) is 20.7. The van der Waals surface area contributed by atoms with Gasteiger partial charge in [-0.05, 0) is 43.4 Å². The molecule has 7 nitrogen and oxygen atoms in total. The van der Waals surface area contributed by atoms with Gasteiger partial charge >= 0.3 is 0 Å². The molecule has 0 spiro atoms. The van der Waals surface area contributed by atoms with Crippen LogP contribution < -0.4 is 5.56 Å². The van der Waals surface area contributed by atoms with Crippen LogP contribution >= 0.6 is 0 Å². The number of H-pyrrole nitrogens is 1. The summed E-state index contributed by atoms with van der Waals surface area (Å²) in [6.45, 7) is 1.37. The summed E-state index contributed by atoms with van der Waals surface area (Å²) in [5, 5.41) is 0. The molecular formula is C23H32N4O3. The zero-order valence-electron chi connectivity index (χ0n) is 17.6. The Bertz CT molecular complexity index is 842. The van der Waals surface area contributed by atoms with Crippen LogP contribution in [0, 0.1) is 17.8 Å². The van der Waals surface area contributed by atoms with Crippen molar-refractivity contribution in [1.82, 2.24) is 19.8 Å². The molecule has 1 aromatic heterocycles. The highest BCUT2D eigenvalue weighted by atomic mass is 16.2. The van der Waals surface area contributed by atoms with Gasteiger partial charge in [-0.2, -0.15) is 0 Å². The van der Waals surface area contributed by atoms with Gasteiger partial charge in [0.25, 0.3) is 11.5 Å². The predicted octanol–water partition coefficient (Wildman–Crippen LogP) is 2.58. The molecule has 4 atom stereocenters. The molecule has 0 radical (unpaired) electrons. The lowest BCUT2D eigenvalue weighted by Crippen LogP contribution is -2.65. The van der Waals surface area contributed by atoms with Crippen LogP contribution in [0.3, 0.4) is 0 Å². The van der Waals surface area contributed by atoms with E-state index in [4.69, 9.17) is 0 Å². The molecule has 5 rings (SSSR count). The molecule has 4 aliphatic rings. The number of carbonyl (C=O) groups is 2. The third kappa shape index (κ3) is 3.67. The largest absolute Gasteiger partial charge is 0.337 e. The minimum absolute atomic E-state index is 0.104. The van der Waals surface area contributed by atoms with Crippen molar-refractivity contribution in [3.8, 4) is 0 Å². The smallest absolute Gasteiger partial charge is 0.273 e. The number of hydrogen-bond acceptors (Lipinski definition) is 4. The molecule has 0 unspecified atom stereocenters. The first-order valence-electron chi connectivity index (χ1n) is 11.8. The molecule has 0 aromatic carbocycles. The van der Waals surface area contributed by atoms with E-state index in [1.54, 1.807) is 0 Å². The number of nitrogens with one attached hydrogen (secondary N) is 1. The summed E-state index contributed by atoms with van der Waals surface area (Å²) in [6, 6.07) is 0.538. The minimum atomic E-state index is -0.300. The Morgan fingerprint density at radius 2 is 1.87 bits per heavy atom. The maximum absolute atomic E-state index is 13.1. The molecule has 30 heavy (non-hydrogen) atoms. The fraction of sp³-hybridized carbons (Fsp3) is 0.739. The van der Waals surface area contributed by atoms with E-state index in [1.165, 1.54) is 44.5 Å². The number of amides is 2. The van der Waals surface area contributed by atoms with Crippen LogP contribution in [0.15, 0.2) is 17.2 Å². The molecule has 1 N–H and O–H groups in total. The maximum atomic E-state index is 13.1. The van der Waals surface area contributed by atoms with E-state index in [1.807, 2.05) is 4.90 Å². The topological polar surface area (TPSA) is 86.4 Å². The standard InChI is InChI=1S/C23H32N4O3/c28-21-12-24-18(11-25-21)23(30)26-13-16-10-17(14-26)20(9-15-5-2-1-3-6-15)27-19(16)7-4-8-22(27)29/h11-12,15-17,19-20H,1-10,13-14H2,(H,25,28)/t16-,17+,19+,20+/m1/s1. The molecule has 4 heterocycles. The van der Waals surface area contributed by atoms with Crippen LogP contribution in [0.1, 0.15) is 74.7 Å². The quantitative estimate of drug-likeness (QED) is 0.827. The number of likely N-dealkylation sites (tertiary alicyclic amines) is 1.